The van der Waals surface area contributed by atoms with E-state index in [-0.39, 0.29) is 24.5 Å². The molecule has 7 nitrogen and oxygen atoms in total. The largest absolute Gasteiger partial charge is 0.481 e. The number of aliphatic carboxylic acids is 1. The molecule has 2 aromatic rings. The summed E-state index contributed by atoms with van der Waals surface area (Å²) in [7, 11) is 0. The van der Waals surface area contributed by atoms with Gasteiger partial charge in [-0.05, 0) is 41.5 Å². The lowest BCUT2D eigenvalue weighted by Crippen LogP contribution is -2.53. The van der Waals surface area contributed by atoms with Crippen molar-refractivity contribution in [1.82, 2.24) is 10.6 Å². The highest BCUT2D eigenvalue weighted by molar-refractivity contribution is 5.86. The summed E-state index contributed by atoms with van der Waals surface area (Å²) in [6.45, 7) is 2.12. The molecule has 0 aliphatic heterocycles. The molecule has 2 amide bonds. The number of carbonyl (C=O) groups excluding carboxylic acids is 2. The zero-order valence-electron chi connectivity index (χ0n) is 18.0. The first kappa shape index (κ1) is 21.9. The van der Waals surface area contributed by atoms with E-state index < -0.39 is 24.0 Å². The zero-order chi connectivity index (χ0) is 22.7. The van der Waals surface area contributed by atoms with Crippen molar-refractivity contribution in [2.24, 2.45) is 5.92 Å². The monoisotopic (exact) mass is 436 g/mol. The van der Waals surface area contributed by atoms with Crippen LogP contribution in [0.3, 0.4) is 0 Å². The fourth-order valence-electron chi connectivity index (χ4n) is 4.58. The van der Waals surface area contributed by atoms with Crippen molar-refractivity contribution in [1.29, 1.82) is 0 Å². The van der Waals surface area contributed by atoms with Crippen molar-refractivity contribution < 1.29 is 24.2 Å². The van der Waals surface area contributed by atoms with Crippen LogP contribution in [-0.2, 0) is 14.3 Å². The molecule has 0 bridgehead atoms. The van der Waals surface area contributed by atoms with E-state index in [2.05, 4.69) is 34.9 Å². The van der Waals surface area contributed by atoms with Crippen LogP contribution in [0.25, 0.3) is 11.1 Å². The van der Waals surface area contributed by atoms with Gasteiger partial charge < -0.3 is 20.5 Å². The van der Waals surface area contributed by atoms with Gasteiger partial charge in [-0.2, -0.15) is 0 Å². The molecule has 0 aromatic heterocycles. The molecule has 1 unspecified atom stereocenters. The average molecular weight is 437 g/mol. The summed E-state index contributed by atoms with van der Waals surface area (Å²) in [5.74, 6) is -1.58. The second-order valence-electron chi connectivity index (χ2n) is 8.52. The summed E-state index contributed by atoms with van der Waals surface area (Å²) in [5, 5.41) is 14.5. The van der Waals surface area contributed by atoms with Crippen molar-refractivity contribution in [3.63, 3.8) is 0 Å². The van der Waals surface area contributed by atoms with Gasteiger partial charge in [0, 0.05) is 12.0 Å². The fourth-order valence-corrected chi connectivity index (χ4v) is 4.58. The number of fused-ring (bicyclic) bond motifs is 3. The van der Waals surface area contributed by atoms with Crippen LogP contribution in [0.2, 0.25) is 0 Å². The first-order chi connectivity index (χ1) is 15.5. The minimum atomic E-state index is -0.836. The lowest BCUT2D eigenvalue weighted by Gasteiger charge is -2.34. The minimum absolute atomic E-state index is 0.0467. The molecule has 0 heterocycles. The summed E-state index contributed by atoms with van der Waals surface area (Å²) in [4.78, 5) is 36.1. The van der Waals surface area contributed by atoms with E-state index in [1.807, 2.05) is 31.2 Å². The summed E-state index contributed by atoms with van der Waals surface area (Å²) in [6.07, 6.45) is 1.41. The van der Waals surface area contributed by atoms with Gasteiger partial charge in [0.15, 0.2) is 0 Å². The molecule has 2 aromatic carbocycles. The number of rotatable bonds is 8. The van der Waals surface area contributed by atoms with Crippen LogP contribution in [0.1, 0.15) is 49.7 Å². The predicted octanol–water partition coefficient (Wildman–Crippen LogP) is 3.67. The third-order valence-corrected chi connectivity index (χ3v) is 6.36. The van der Waals surface area contributed by atoms with Crippen LogP contribution in [0, 0.1) is 5.92 Å². The number of hydrogen-bond donors (Lipinski definition) is 3. The van der Waals surface area contributed by atoms with E-state index in [4.69, 9.17) is 9.84 Å². The molecule has 0 spiro atoms. The number of carboxylic acid groups (broad SMARTS) is 1. The van der Waals surface area contributed by atoms with Crippen LogP contribution < -0.4 is 10.6 Å². The Morgan fingerprint density at radius 1 is 1.03 bits per heavy atom. The van der Waals surface area contributed by atoms with Gasteiger partial charge in [-0.3, -0.25) is 9.59 Å². The first-order valence-corrected chi connectivity index (χ1v) is 11.1. The third-order valence-electron chi connectivity index (χ3n) is 6.36. The average Bonchev–Trinajstić information content (AvgIpc) is 3.07. The van der Waals surface area contributed by atoms with E-state index in [0.29, 0.717) is 25.7 Å². The van der Waals surface area contributed by atoms with Crippen molar-refractivity contribution in [3.8, 4) is 11.1 Å². The van der Waals surface area contributed by atoms with E-state index in [1.165, 1.54) is 0 Å². The Hall–Kier alpha value is -3.35. The third kappa shape index (κ3) is 4.47. The van der Waals surface area contributed by atoms with Gasteiger partial charge in [-0.25, -0.2) is 4.79 Å². The Balaban J connectivity index is 1.34. The normalized spacial score (nSPS) is 19.8. The highest BCUT2D eigenvalue weighted by Gasteiger charge is 2.36. The summed E-state index contributed by atoms with van der Waals surface area (Å²) < 4.78 is 5.55. The Labute approximate surface area is 187 Å². The van der Waals surface area contributed by atoms with Crippen LogP contribution in [0.15, 0.2) is 48.5 Å². The quantitative estimate of drug-likeness (QED) is 0.586. The molecule has 0 radical (unpaired) electrons. The highest BCUT2D eigenvalue weighted by Crippen LogP contribution is 2.44. The molecule has 1 fully saturated rings. The molecule has 2 aliphatic carbocycles. The van der Waals surface area contributed by atoms with Crippen LogP contribution in [-0.4, -0.2) is 41.8 Å². The molecular formula is C25H28N2O5. The Morgan fingerprint density at radius 3 is 2.19 bits per heavy atom. The van der Waals surface area contributed by atoms with Gasteiger partial charge in [0.2, 0.25) is 5.91 Å². The van der Waals surface area contributed by atoms with Crippen molar-refractivity contribution in [2.75, 3.05) is 6.61 Å². The minimum Gasteiger partial charge on any atom is -0.481 e. The Kier molecular flexibility index (Phi) is 6.44. The standard InChI is InChI=1S/C25H28N2O5/c1-2-7-22(23(28)26-16-12-15(13-16)24(29)30)27-25(31)32-14-21-19-10-5-3-8-17(19)18-9-4-6-11-20(18)21/h3-6,8-11,15-16,21-22H,2,7,12-14H2,1H3,(H,26,28)(H,27,31)(H,29,30). The van der Waals surface area contributed by atoms with Crippen molar-refractivity contribution in [3.05, 3.63) is 59.7 Å². The molecular weight excluding hydrogens is 408 g/mol. The summed E-state index contributed by atoms with van der Waals surface area (Å²) >= 11 is 0. The van der Waals surface area contributed by atoms with E-state index in [9.17, 15) is 14.4 Å². The number of amides is 2. The second kappa shape index (κ2) is 9.42. The summed E-state index contributed by atoms with van der Waals surface area (Å²) in [5.41, 5.74) is 4.56. The lowest BCUT2D eigenvalue weighted by molar-refractivity contribution is -0.146. The Bertz CT molecular complexity index is 969. The maximum absolute atomic E-state index is 12.6. The van der Waals surface area contributed by atoms with E-state index in [1.54, 1.807) is 0 Å². The zero-order valence-corrected chi connectivity index (χ0v) is 18.0. The van der Waals surface area contributed by atoms with Crippen LogP contribution in [0.4, 0.5) is 4.79 Å². The predicted molar refractivity (Wildman–Crippen MR) is 119 cm³/mol. The number of carboxylic acids is 1. The number of carbonyl (C=O) groups is 3. The SMILES string of the molecule is CCCC(NC(=O)OCC1c2ccccc2-c2ccccc21)C(=O)NC1CC(C(=O)O)C1. The molecule has 1 saturated carbocycles. The highest BCUT2D eigenvalue weighted by atomic mass is 16.5. The molecule has 1 atom stereocenters. The number of alkyl carbamates (subject to hydrolysis) is 1. The number of ether oxygens (including phenoxy) is 1. The van der Waals surface area contributed by atoms with Gasteiger partial charge in [-0.1, -0.05) is 61.9 Å². The number of benzene rings is 2. The van der Waals surface area contributed by atoms with E-state index in [0.717, 1.165) is 22.3 Å². The molecule has 4 rings (SSSR count). The lowest BCUT2D eigenvalue weighted by atomic mass is 9.80. The smallest absolute Gasteiger partial charge is 0.407 e. The molecule has 2 aliphatic rings. The van der Waals surface area contributed by atoms with Crippen molar-refractivity contribution in [2.45, 2.75) is 50.6 Å². The molecule has 32 heavy (non-hydrogen) atoms. The number of nitrogens with one attached hydrogen (secondary N) is 2. The molecule has 3 N–H and O–H groups in total. The number of hydrogen-bond acceptors (Lipinski definition) is 4. The molecule has 7 heteroatoms. The van der Waals surface area contributed by atoms with Gasteiger partial charge in [0.25, 0.3) is 0 Å². The molecule has 168 valence electrons. The van der Waals surface area contributed by atoms with Crippen molar-refractivity contribution >= 4 is 18.0 Å². The van der Waals surface area contributed by atoms with Gasteiger partial charge in [0.05, 0.1) is 5.92 Å². The van der Waals surface area contributed by atoms with Crippen LogP contribution in [0.5, 0.6) is 0 Å². The van der Waals surface area contributed by atoms with Gasteiger partial charge >= 0.3 is 12.1 Å². The summed E-state index contributed by atoms with van der Waals surface area (Å²) in [6, 6.07) is 15.3. The first-order valence-electron chi connectivity index (χ1n) is 11.1. The van der Waals surface area contributed by atoms with Gasteiger partial charge in [0.1, 0.15) is 12.6 Å². The fraction of sp³-hybridized carbons (Fsp3) is 0.400. The maximum Gasteiger partial charge on any atom is 0.407 e. The maximum atomic E-state index is 12.6. The topological polar surface area (TPSA) is 105 Å². The van der Waals surface area contributed by atoms with E-state index >= 15 is 0 Å². The van der Waals surface area contributed by atoms with Gasteiger partial charge in [-0.15, -0.1) is 0 Å². The van der Waals surface area contributed by atoms with Crippen LogP contribution >= 0.6 is 0 Å². The second-order valence-corrected chi connectivity index (χ2v) is 8.52. The molecule has 0 saturated heterocycles. The Morgan fingerprint density at radius 2 is 1.62 bits per heavy atom.